The van der Waals surface area contributed by atoms with Gasteiger partial charge in [-0.25, -0.2) is 5.84 Å². The minimum absolute atomic E-state index is 0.294. The van der Waals surface area contributed by atoms with Gasteiger partial charge in [0.15, 0.2) is 0 Å². The van der Waals surface area contributed by atoms with Gasteiger partial charge in [-0.1, -0.05) is 13.3 Å². The first-order valence-electron chi connectivity index (χ1n) is 6.96. The maximum atomic E-state index is 11.5. The Kier molecular flexibility index (Phi) is 4.61. The molecule has 3 N–H and O–H groups in total. The molecule has 1 aromatic rings. The van der Waals surface area contributed by atoms with E-state index in [1.54, 1.807) is 13.0 Å². The number of carbonyl (C=O) groups is 1. The predicted octanol–water partition coefficient (Wildman–Crippen LogP) is 1.81. The van der Waals surface area contributed by atoms with Crippen LogP contribution in [0.4, 0.5) is 0 Å². The summed E-state index contributed by atoms with van der Waals surface area (Å²) in [7, 11) is 0. The third-order valence-corrected chi connectivity index (χ3v) is 3.90. The smallest absolute Gasteiger partial charge is 0.268 e. The van der Waals surface area contributed by atoms with E-state index >= 15 is 0 Å². The second-order valence-corrected chi connectivity index (χ2v) is 5.31. The lowest BCUT2D eigenvalue weighted by molar-refractivity contribution is 0.0952. The average molecular weight is 265 g/mol. The fourth-order valence-electron chi connectivity index (χ4n) is 2.77. The number of aryl methyl sites for hydroxylation is 1. The number of hydrogen-bond donors (Lipinski definition) is 2. The van der Waals surface area contributed by atoms with E-state index in [4.69, 9.17) is 10.3 Å². The van der Waals surface area contributed by atoms with E-state index in [2.05, 4.69) is 17.2 Å². The summed E-state index contributed by atoms with van der Waals surface area (Å²) in [6, 6.07) is 1.80. The summed E-state index contributed by atoms with van der Waals surface area (Å²) < 4.78 is 5.65. The van der Waals surface area contributed by atoms with Gasteiger partial charge in [-0.05, 0) is 38.3 Å². The number of hydrazine groups is 1. The predicted molar refractivity (Wildman–Crippen MR) is 73.4 cm³/mol. The van der Waals surface area contributed by atoms with Crippen molar-refractivity contribution in [2.45, 2.75) is 39.7 Å². The molecule has 0 spiro atoms. The van der Waals surface area contributed by atoms with Crippen LogP contribution in [0.2, 0.25) is 0 Å². The minimum atomic E-state index is -0.294. The molecule has 1 aliphatic heterocycles. The Balaban J connectivity index is 2.01. The number of amides is 1. The topological polar surface area (TPSA) is 71.5 Å². The molecule has 1 aromatic heterocycles. The molecule has 0 aliphatic carbocycles. The van der Waals surface area contributed by atoms with Crippen molar-refractivity contribution < 1.29 is 9.21 Å². The van der Waals surface area contributed by atoms with Crippen LogP contribution in [0, 0.1) is 12.8 Å². The van der Waals surface area contributed by atoms with Crippen molar-refractivity contribution in [1.29, 1.82) is 0 Å². The lowest BCUT2D eigenvalue weighted by Crippen LogP contribution is -2.34. The number of likely N-dealkylation sites (tertiary alicyclic amines) is 1. The second-order valence-electron chi connectivity index (χ2n) is 5.31. The van der Waals surface area contributed by atoms with Crippen LogP contribution in [-0.4, -0.2) is 23.9 Å². The van der Waals surface area contributed by atoms with Crippen molar-refractivity contribution in [2.24, 2.45) is 11.8 Å². The molecular weight excluding hydrogens is 242 g/mol. The number of hydrogen-bond acceptors (Lipinski definition) is 4. The Morgan fingerprint density at radius 3 is 3.11 bits per heavy atom. The molecular formula is C14H23N3O2. The zero-order valence-corrected chi connectivity index (χ0v) is 11.7. The molecule has 19 heavy (non-hydrogen) atoms. The molecule has 1 unspecified atom stereocenters. The fourth-order valence-corrected chi connectivity index (χ4v) is 2.77. The van der Waals surface area contributed by atoms with Gasteiger partial charge < -0.3 is 4.42 Å². The van der Waals surface area contributed by atoms with Crippen LogP contribution in [0.25, 0.3) is 0 Å². The molecule has 0 bridgehead atoms. The van der Waals surface area contributed by atoms with E-state index in [9.17, 15) is 4.79 Å². The van der Waals surface area contributed by atoms with Crippen LogP contribution < -0.4 is 11.3 Å². The number of nitrogen functional groups attached to an aromatic ring is 1. The van der Waals surface area contributed by atoms with Crippen LogP contribution in [-0.2, 0) is 6.54 Å². The van der Waals surface area contributed by atoms with Gasteiger partial charge in [0.1, 0.15) is 11.5 Å². The number of nitrogens with one attached hydrogen (secondary N) is 1. The third-order valence-electron chi connectivity index (χ3n) is 3.90. The molecule has 1 saturated heterocycles. The first-order chi connectivity index (χ1) is 9.13. The van der Waals surface area contributed by atoms with Gasteiger partial charge in [0, 0.05) is 6.54 Å². The van der Waals surface area contributed by atoms with E-state index < -0.39 is 0 Å². The molecule has 5 nitrogen and oxygen atoms in total. The van der Waals surface area contributed by atoms with Gasteiger partial charge >= 0.3 is 0 Å². The van der Waals surface area contributed by atoms with Gasteiger partial charge in [-0.3, -0.25) is 15.1 Å². The summed E-state index contributed by atoms with van der Waals surface area (Å²) in [5.74, 6) is 7.11. The summed E-state index contributed by atoms with van der Waals surface area (Å²) >= 11 is 0. The maximum absolute atomic E-state index is 11.5. The van der Waals surface area contributed by atoms with Gasteiger partial charge in [0.05, 0.1) is 12.1 Å². The van der Waals surface area contributed by atoms with Crippen molar-refractivity contribution in [3.63, 3.8) is 0 Å². The SMILES string of the molecule is CCC1CCCN(Cc2cc(C(=O)NN)c(C)o2)C1. The highest BCUT2D eigenvalue weighted by Crippen LogP contribution is 2.22. The van der Waals surface area contributed by atoms with E-state index in [0.29, 0.717) is 11.3 Å². The van der Waals surface area contributed by atoms with Crippen LogP contribution >= 0.6 is 0 Å². The maximum Gasteiger partial charge on any atom is 0.268 e. The van der Waals surface area contributed by atoms with Gasteiger partial charge in [-0.15, -0.1) is 0 Å². The van der Waals surface area contributed by atoms with Crippen LogP contribution in [0.5, 0.6) is 0 Å². The summed E-state index contributed by atoms with van der Waals surface area (Å²) in [5.41, 5.74) is 2.67. The molecule has 1 atom stereocenters. The van der Waals surface area contributed by atoms with Crippen LogP contribution in [0.3, 0.4) is 0 Å². The summed E-state index contributed by atoms with van der Waals surface area (Å²) in [6.45, 7) is 7.03. The van der Waals surface area contributed by atoms with E-state index in [1.807, 2.05) is 0 Å². The molecule has 5 heteroatoms. The van der Waals surface area contributed by atoms with Crippen LogP contribution in [0.15, 0.2) is 10.5 Å². The fraction of sp³-hybridized carbons (Fsp3) is 0.643. The molecule has 2 rings (SSSR count). The van der Waals surface area contributed by atoms with Crippen molar-refractivity contribution >= 4 is 5.91 Å². The highest BCUT2D eigenvalue weighted by molar-refractivity contribution is 5.94. The monoisotopic (exact) mass is 265 g/mol. The van der Waals surface area contributed by atoms with Crippen molar-refractivity contribution in [1.82, 2.24) is 10.3 Å². The normalized spacial score (nSPS) is 20.5. The number of piperidine rings is 1. The Morgan fingerprint density at radius 1 is 1.63 bits per heavy atom. The molecule has 0 saturated carbocycles. The number of furan rings is 1. The van der Waals surface area contributed by atoms with Gasteiger partial charge in [0.2, 0.25) is 0 Å². The summed E-state index contributed by atoms with van der Waals surface area (Å²) in [4.78, 5) is 13.9. The molecule has 2 heterocycles. The number of nitrogens with zero attached hydrogens (tertiary/aromatic N) is 1. The first-order valence-corrected chi connectivity index (χ1v) is 6.96. The highest BCUT2D eigenvalue weighted by atomic mass is 16.3. The number of rotatable bonds is 4. The molecule has 0 radical (unpaired) electrons. The number of carbonyl (C=O) groups excluding carboxylic acids is 1. The quantitative estimate of drug-likeness (QED) is 0.495. The molecule has 1 aliphatic rings. The van der Waals surface area contributed by atoms with E-state index in [-0.39, 0.29) is 5.91 Å². The molecule has 0 aromatic carbocycles. The highest BCUT2D eigenvalue weighted by Gasteiger charge is 2.21. The van der Waals surface area contributed by atoms with Crippen molar-refractivity contribution in [2.75, 3.05) is 13.1 Å². The van der Waals surface area contributed by atoms with Crippen LogP contribution in [0.1, 0.15) is 48.1 Å². The molecule has 106 valence electrons. The Morgan fingerprint density at radius 2 is 2.42 bits per heavy atom. The number of nitrogens with two attached hydrogens (primary N) is 1. The lowest BCUT2D eigenvalue weighted by Gasteiger charge is -2.31. The molecule has 1 amide bonds. The van der Waals surface area contributed by atoms with Gasteiger partial charge in [-0.2, -0.15) is 0 Å². The zero-order valence-electron chi connectivity index (χ0n) is 11.7. The van der Waals surface area contributed by atoms with E-state index in [0.717, 1.165) is 31.3 Å². The Labute approximate surface area is 114 Å². The Bertz CT molecular complexity index is 442. The van der Waals surface area contributed by atoms with Gasteiger partial charge in [0.25, 0.3) is 5.91 Å². The molecule has 1 fully saturated rings. The average Bonchev–Trinajstić information content (AvgIpc) is 2.79. The van der Waals surface area contributed by atoms with Crippen molar-refractivity contribution in [3.8, 4) is 0 Å². The zero-order chi connectivity index (χ0) is 13.8. The minimum Gasteiger partial charge on any atom is -0.464 e. The lowest BCUT2D eigenvalue weighted by atomic mass is 9.95. The first kappa shape index (κ1) is 14.1. The van der Waals surface area contributed by atoms with Crippen molar-refractivity contribution in [3.05, 3.63) is 23.2 Å². The summed E-state index contributed by atoms with van der Waals surface area (Å²) in [6.07, 6.45) is 3.80. The third kappa shape index (κ3) is 3.36. The Hall–Kier alpha value is -1.33. The largest absolute Gasteiger partial charge is 0.464 e. The van der Waals surface area contributed by atoms with E-state index in [1.165, 1.54) is 19.3 Å². The summed E-state index contributed by atoms with van der Waals surface area (Å²) in [5, 5.41) is 0. The second kappa shape index (κ2) is 6.21. The standard InChI is InChI=1S/C14H23N3O2/c1-3-11-5-4-6-17(8-11)9-12-7-13(10(2)19-12)14(18)16-15/h7,11H,3-6,8-9,15H2,1-2H3,(H,16,18).